The maximum absolute atomic E-state index is 10.5. The number of aliphatic hydroxyl groups excluding tert-OH is 1. The quantitative estimate of drug-likeness (QED) is 0.894. The fraction of sp³-hybridized carbons (Fsp3) is 0.500. The molecular formula is C16H20N2O. The Morgan fingerprint density at radius 1 is 1.11 bits per heavy atom. The Kier molecular flexibility index (Phi) is 3.47. The van der Waals surface area contributed by atoms with Gasteiger partial charge in [-0.2, -0.15) is 0 Å². The number of rotatable bonds is 2. The van der Waals surface area contributed by atoms with Crippen LogP contribution in [0.2, 0.25) is 0 Å². The Morgan fingerprint density at radius 2 is 1.79 bits per heavy atom. The molecule has 3 rings (SSSR count). The van der Waals surface area contributed by atoms with Crippen molar-refractivity contribution in [3.8, 4) is 0 Å². The van der Waals surface area contributed by atoms with Crippen molar-refractivity contribution in [2.24, 2.45) is 11.8 Å². The van der Waals surface area contributed by atoms with Crippen LogP contribution < -0.4 is 0 Å². The molecule has 1 atom stereocenters. The van der Waals surface area contributed by atoms with Crippen molar-refractivity contribution in [1.82, 2.24) is 9.97 Å². The van der Waals surface area contributed by atoms with Gasteiger partial charge in [0.2, 0.25) is 0 Å². The number of aromatic nitrogens is 2. The van der Waals surface area contributed by atoms with Gasteiger partial charge in [0.25, 0.3) is 0 Å². The van der Waals surface area contributed by atoms with Crippen molar-refractivity contribution < 1.29 is 5.11 Å². The maximum atomic E-state index is 10.5. The van der Waals surface area contributed by atoms with Gasteiger partial charge in [0.15, 0.2) is 0 Å². The molecule has 1 aromatic carbocycles. The molecule has 0 aliphatic heterocycles. The van der Waals surface area contributed by atoms with E-state index in [0.29, 0.717) is 5.92 Å². The predicted octanol–water partition coefficient (Wildman–Crippen LogP) is 3.49. The third-order valence-electron chi connectivity index (χ3n) is 4.28. The number of hydrogen-bond donors (Lipinski definition) is 1. The lowest BCUT2D eigenvalue weighted by molar-refractivity contribution is 0.0721. The van der Waals surface area contributed by atoms with Gasteiger partial charge in [-0.3, -0.25) is 4.98 Å². The summed E-state index contributed by atoms with van der Waals surface area (Å²) in [5, 5.41) is 10.5. The van der Waals surface area contributed by atoms with Crippen LogP contribution in [0.5, 0.6) is 0 Å². The Hall–Kier alpha value is -1.48. The smallest absolute Gasteiger partial charge is 0.100 e. The van der Waals surface area contributed by atoms with Crippen LogP contribution in [0, 0.1) is 11.8 Å². The maximum Gasteiger partial charge on any atom is 0.100 e. The average Bonchev–Trinajstić information content (AvgIpc) is 2.47. The summed E-state index contributed by atoms with van der Waals surface area (Å²) in [6, 6.07) is 7.80. The summed E-state index contributed by atoms with van der Waals surface area (Å²) in [6.07, 6.45) is 5.87. The van der Waals surface area contributed by atoms with Gasteiger partial charge in [-0.05, 0) is 36.8 Å². The molecule has 1 fully saturated rings. The third-order valence-corrected chi connectivity index (χ3v) is 4.28. The molecule has 1 heterocycles. The van der Waals surface area contributed by atoms with Gasteiger partial charge in [-0.25, -0.2) is 4.98 Å². The first-order chi connectivity index (χ1) is 9.24. The van der Waals surface area contributed by atoms with Crippen LogP contribution in [-0.2, 0) is 0 Å². The number of para-hydroxylation sites is 2. The molecule has 1 aromatic heterocycles. The standard InChI is InChI=1S/C16H20N2O/c1-11-6-8-12(9-7-11)16(19)15-10-17-13-4-2-3-5-14(13)18-15/h2-5,10-12,16,19H,6-9H2,1H3. The van der Waals surface area contributed by atoms with Gasteiger partial charge in [0.1, 0.15) is 6.10 Å². The fourth-order valence-corrected chi connectivity index (χ4v) is 2.96. The van der Waals surface area contributed by atoms with E-state index in [1.807, 2.05) is 24.3 Å². The molecule has 1 saturated carbocycles. The summed E-state index contributed by atoms with van der Waals surface area (Å²) >= 11 is 0. The van der Waals surface area contributed by atoms with Gasteiger partial charge in [-0.1, -0.05) is 31.9 Å². The fourth-order valence-electron chi connectivity index (χ4n) is 2.96. The molecule has 0 spiro atoms. The monoisotopic (exact) mass is 256 g/mol. The lowest BCUT2D eigenvalue weighted by Crippen LogP contribution is -2.20. The molecular weight excluding hydrogens is 236 g/mol. The van der Waals surface area contributed by atoms with E-state index in [9.17, 15) is 5.11 Å². The van der Waals surface area contributed by atoms with Crippen LogP contribution in [0.3, 0.4) is 0 Å². The van der Waals surface area contributed by atoms with Crippen molar-refractivity contribution in [2.45, 2.75) is 38.7 Å². The summed E-state index contributed by atoms with van der Waals surface area (Å²) in [4.78, 5) is 8.95. The zero-order valence-electron chi connectivity index (χ0n) is 11.3. The zero-order chi connectivity index (χ0) is 13.2. The van der Waals surface area contributed by atoms with Crippen LogP contribution >= 0.6 is 0 Å². The number of benzene rings is 1. The van der Waals surface area contributed by atoms with Crippen molar-refractivity contribution >= 4 is 11.0 Å². The molecule has 1 N–H and O–H groups in total. The summed E-state index contributed by atoms with van der Waals surface area (Å²) in [5.41, 5.74) is 2.47. The second-order valence-electron chi connectivity index (χ2n) is 5.75. The third kappa shape index (κ3) is 2.61. The van der Waals surface area contributed by atoms with E-state index in [0.717, 1.165) is 35.5 Å². The Labute approximate surface area is 113 Å². The van der Waals surface area contributed by atoms with Crippen molar-refractivity contribution in [3.63, 3.8) is 0 Å². The van der Waals surface area contributed by atoms with Crippen LogP contribution in [-0.4, -0.2) is 15.1 Å². The second kappa shape index (κ2) is 5.25. The number of nitrogens with zero attached hydrogens (tertiary/aromatic N) is 2. The molecule has 1 unspecified atom stereocenters. The molecule has 2 aromatic rings. The van der Waals surface area contributed by atoms with Crippen molar-refractivity contribution in [3.05, 3.63) is 36.2 Å². The summed E-state index contributed by atoms with van der Waals surface area (Å²) < 4.78 is 0. The number of hydrogen-bond acceptors (Lipinski definition) is 3. The summed E-state index contributed by atoms with van der Waals surface area (Å²) in [5.74, 6) is 1.14. The lowest BCUT2D eigenvalue weighted by Gasteiger charge is -2.29. The molecule has 0 bridgehead atoms. The first kappa shape index (κ1) is 12.5. The summed E-state index contributed by atoms with van der Waals surface area (Å²) in [7, 11) is 0. The van der Waals surface area contributed by atoms with Gasteiger partial charge < -0.3 is 5.11 Å². The average molecular weight is 256 g/mol. The first-order valence-electron chi connectivity index (χ1n) is 7.14. The first-order valence-corrected chi connectivity index (χ1v) is 7.14. The zero-order valence-corrected chi connectivity index (χ0v) is 11.3. The number of aliphatic hydroxyl groups is 1. The minimum atomic E-state index is -0.468. The molecule has 0 saturated heterocycles. The SMILES string of the molecule is CC1CCC(C(O)c2cnc3ccccc3n2)CC1. The van der Waals surface area contributed by atoms with Crippen LogP contribution in [0.4, 0.5) is 0 Å². The highest BCUT2D eigenvalue weighted by Gasteiger charge is 2.26. The molecule has 3 heteroatoms. The van der Waals surface area contributed by atoms with Crippen molar-refractivity contribution in [2.75, 3.05) is 0 Å². The Balaban J connectivity index is 1.83. The largest absolute Gasteiger partial charge is 0.386 e. The second-order valence-corrected chi connectivity index (χ2v) is 5.75. The molecule has 100 valence electrons. The summed E-state index contributed by atoms with van der Waals surface area (Å²) in [6.45, 7) is 2.29. The van der Waals surface area contributed by atoms with E-state index in [4.69, 9.17) is 0 Å². The van der Waals surface area contributed by atoms with E-state index in [1.165, 1.54) is 12.8 Å². The lowest BCUT2D eigenvalue weighted by atomic mass is 9.79. The minimum absolute atomic E-state index is 0.340. The van der Waals surface area contributed by atoms with Crippen LogP contribution in [0.15, 0.2) is 30.5 Å². The topological polar surface area (TPSA) is 46.0 Å². The highest BCUT2D eigenvalue weighted by Crippen LogP contribution is 2.36. The molecule has 0 radical (unpaired) electrons. The minimum Gasteiger partial charge on any atom is -0.386 e. The Bertz CT molecular complexity index is 561. The highest BCUT2D eigenvalue weighted by molar-refractivity contribution is 5.73. The molecule has 19 heavy (non-hydrogen) atoms. The van der Waals surface area contributed by atoms with E-state index < -0.39 is 6.10 Å². The van der Waals surface area contributed by atoms with Crippen LogP contribution in [0.25, 0.3) is 11.0 Å². The van der Waals surface area contributed by atoms with E-state index in [2.05, 4.69) is 16.9 Å². The van der Waals surface area contributed by atoms with Crippen LogP contribution in [0.1, 0.15) is 44.4 Å². The highest BCUT2D eigenvalue weighted by atomic mass is 16.3. The predicted molar refractivity (Wildman–Crippen MR) is 75.6 cm³/mol. The van der Waals surface area contributed by atoms with E-state index in [-0.39, 0.29) is 0 Å². The molecule has 3 nitrogen and oxygen atoms in total. The molecule has 0 amide bonds. The van der Waals surface area contributed by atoms with Crippen molar-refractivity contribution in [1.29, 1.82) is 0 Å². The number of fused-ring (bicyclic) bond motifs is 1. The molecule has 1 aliphatic carbocycles. The van der Waals surface area contributed by atoms with Gasteiger partial charge >= 0.3 is 0 Å². The van der Waals surface area contributed by atoms with Gasteiger partial charge in [0, 0.05) is 0 Å². The van der Waals surface area contributed by atoms with E-state index in [1.54, 1.807) is 6.20 Å². The van der Waals surface area contributed by atoms with Gasteiger partial charge in [-0.15, -0.1) is 0 Å². The van der Waals surface area contributed by atoms with Gasteiger partial charge in [0.05, 0.1) is 22.9 Å². The normalized spacial score (nSPS) is 25.4. The molecule has 1 aliphatic rings. The van der Waals surface area contributed by atoms with E-state index >= 15 is 0 Å². The Morgan fingerprint density at radius 3 is 2.53 bits per heavy atom.